The summed E-state index contributed by atoms with van der Waals surface area (Å²) in [4.78, 5) is 20.0. The van der Waals surface area contributed by atoms with Gasteiger partial charge in [-0.1, -0.05) is 11.6 Å². The summed E-state index contributed by atoms with van der Waals surface area (Å²) in [6.07, 6.45) is 5.13. The maximum Gasteiger partial charge on any atom is 0.320 e. The molecule has 2 heterocycles. The standard InChI is InChI=1S/C17H16ClN5O/c1-2-20-17(24)23-16-8-12-13(10-21-16)15(6-5-14(12)18)22-11-4-3-7-19-9-11/h3-10,22H,2H2,1H3,(H2,20,21,23,24). The second kappa shape index (κ2) is 7.14. The fourth-order valence-electron chi connectivity index (χ4n) is 2.29. The lowest BCUT2D eigenvalue weighted by atomic mass is 10.1. The third kappa shape index (κ3) is 3.55. The number of rotatable bonds is 4. The van der Waals surface area contributed by atoms with Gasteiger partial charge in [-0.05, 0) is 37.3 Å². The fraction of sp³-hybridized carbons (Fsp3) is 0.118. The van der Waals surface area contributed by atoms with E-state index in [1.165, 1.54) is 0 Å². The van der Waals surface area contributed by atoms with Crippen LogP contribution < -0.4 is 16.0 Å². The lowest BCUT2D eigenvalue weighted by Crippen LogP contribution is -2.28. The van der Waals surface area contributed by atoms with E-state index in [2.05, 4.69) is 25.9 Å². The molecule has 0 saturated carbocycles. The van der Waals surface area contributed by atoms with Crippen LogP contribution in [-0.2, 0) is 0 Å². The molecular formula is C17H16ClN5O. The highest BCUT2D eigenvalue weighted by atomic mass is 35.5. The molecule has 122 valence electrons. The highest BCUT2D eigenvalue weighted by Gasteiger charge is 2.09. The SMILES string of the molecule is CCNC(=O)Nc1cc2c(Cl)ccc(Nc3cccnc3)c2cn1. The smallest absolute Gasteiger partial charge is 0.320 e. The van der Waals surface area contributed by atoms with E-state index in [1.54, 1.807) is 30.7 Å². The van der Waals surface area contributed by atoms with Crippen molar-refractivity contribution >= 4 is 45.6 Å². The van der Waals surface area contributed by atoms with Gasteiger partial charge in [-0.3, -0.25) is 10.3 Å². The first kappa shape index (κ1) is 16.0. The molecule has 1 aromatic carbocycles. The number of hydrogen-bond acceptors (Lipinski definition) is 4. The molecular weight excluding hydrogens is 326 g/mol. The summed E-state index contributed by atoms with van der Waals surface area (Å²) in [6.45, 7) is 2.39. The van der Waals surface area contributed by atoms with Crippen LogP contribution in [0.4, 0.5) is 22.0 Å². The molecule has 6 nitrogen and oxygen atoms in total. The van der Waals surface area contributed by atoms with Crippen LogP contribution in [0.2, 0.25) is 5.02 Å². The fourth-order valence-corrected chi connectivity index (χ4v) is 2.51. The van der Waals surface area contributed by atoms with E-state index in [9.17, 15) is 4.79 Å². The predicted octanol–water partition coefficient (Wildman–Crippen LogP) is 4.17. The van der Waals surface area contributed by atoms with E-state index in [4.69, 9.17) is 11.6 Å². The second-order valence-corrected chi connectivity index (χ2v) is 5.47. The van der Waals surface area contributed by atoms with Crippen LogP contribution in [0, 0.1) is 0 Å². The van der Waals surface area contributed by atoms with Gasteiger partial charge in [-0.15, -0.1) is 0 Å². The molecule has 24 heavy (non-hydrogen) atoms. The number of carbonyl (C=O) groups excluding carboxylic acids is 1. The normalized spacial score (nSPS) is 10.4. The summed E-state index contributed by atoms with van der Waals surface area (Å²) in [5.74, 6) is 0.439. The zero-order chi connectivity index (χ0) is 16.9. The minimum Gasteiger partial charge on any atom is -0.354 e. The van der Waals surface area contributed by atoms with Gasteiger partial charge in [0.15, 0.2) is 0 Å². The highest BCUT2D eigenvalue weighted by molar-refractivity contribution is 6.36. The first-order chi connectivity index (χ1) is 11.7. The molecule has 2 aromatic heterocycles. The molecule has 3 N–H and O–H groups in total. The maximum absolute atomic E-state index is 11.6. The van der Waals surface area contributed by atoms with E-state index in [0.29, 0.717) is 17.4 Å². The number of nitrogens with one attached hydrogen (secondary N) is 3. The summed E-state index contributed by atoms with van der Waals surface area (Å²) in [6, 6.07) is 8.92. The first-order valence-electron chi connectivity index (χ1n) is 7.47. The highest BCUT2D eigenvalue weighted by Crippen LogP contribution is 2.32. The summed E-state index contributed by atoms with van der Waals surface area (Å²) < 4.78 is 0. The van der Waals surface area contributed by atoms with Crippen molar-refractivity contribution in [2.24, 2.45) is 0 Å². The Labute approximate surface area is 144 Å². The topological polar surface area (TPSA) is 78.9 Å². The number of anilines is 3. The molecule has 0 aliphatic heterocycles. The monoisotopic (exact) mass is 341 g/mol. The van der Waals surface area contributed by atoms with E-state index in [0.717, 1.165) is 22.1 Å². The van der Waals surface area contributed by atoms with Gasteiger partial charge >= 0.3 is 6.03 Å². The molecule has 0 radical (unpaired) electrons. The molecule has 0 bridgehead atoms. The van der Waals surface area contributed by atoms with Crippen LogP contribution in [0.25, 0.3) is 10.8 Å². The predicted molar refractivity (Wildman–Crippen MR) is 97.0 cm³/mol. The number of aromatic nitrogens is 2. The van der Waals surface area contributed by atoms with Crippen LogP contribution in [0.5, 0.6) is 0 Å². The van der Waals surface area contributed by atoms with Crippen molar-refractivity contribution in [2.45, 2.75) is 6.92 Å². The van der Waals surface area contributed by atoms with Crippen molar-refractivity contribution in [3.05, 3.63) is 53.9 Å². The number of amides is 2. The average Bonchev–Trinajstić information content (AvgIpc) is 2.59. The van der Waals surface area contributed by atoms with Gasteiger partial charge in [-0.25, -0.2) is 9.78 Å². The van der Waals surface area contributed by atoms with Gasteiger partial charge in [0.1, 0.15) is 5.82 Å². The minimum atomic E-state index is -0.301. The number of fused-ring (bicyclic) bond motifs is 1. The number of carbonyl (C=O) groups is 1. The molecule has 2 amide bonds. The van der Waals surface area contributed by atoms with Crippen molar-refractivity contribution in [2.75, 3.05) is 17.2 Å². The average molecular weight is 342 g/mol. The van der Waals surface area contributed by atoms with Crippen LogP contribution in [0.1, 0.15) is 6.92 Å². The zero-order valence-corrected chi connectivity index (χ0v) is 13.8. The van der Waals surface area contributed by atoms with Gasteiger partial charge in [0, 0.05) is 40.4 Å². The Morgan fingerprint density at radius 3 is 2.83 bits per heavy atom. The van der Waals surface area contributed by atoms with E-state index < -0.39 is 0 Å². The van der Waals surface area contributed by atoms with Gasteiger partial charge in [-0.2, -0.15) is 0 Å². The minimum absolute atomic E-state index is 0.301. The lowest BCUT2D eigenvalue weighted by Gasteiger charge is -2.12. The number of urea groups is 1. The molecule has 0 saturated heterocycles. The molecule has 0 unspecified atom stereocenters. The lowest BCUT2D eigenvalue weighted by molar-refractivity contribution is 0.252. The van der Waals surface area contributed by atoms with Crippen LogP contribution in [0.3, 0.4) is 0 Å². The second-order valence-electron chi connectivity index (χ2n) is 5.06. The number of benzene rings is 1. The van der Waals surface area contributed by atoms with Crippen molar-refractivity contribution < 1.29 is 4.79 Å². The Bertz CT molecular complexity index is 869. The number of hydrogen-bond donors (Lipinski definition) is 3. The van der Waals surface area contributed by atoms with Gasteiger partial charge in [0.05, 0.1) is 11.9 Å². The zero-order valence-electron chi connectivity index (χ0n) is 13.0. The van der Waals surface area contributed by atoms with Gasteiger partial charge in [0.2, 0.25) is 0 Å². The van der Waals surface area contributed by atoms with Crippen molar-refractivity contribution in [3.8, 4) is 0 Å². The Kier molecular flexibility index (Phi) is 4.77. The number of halogens is 1. The largest absolute Gasteiger partial charge is 0.354 e. The summed E-state index contributed by atoms with van der Waals surface area (Å²) in [5, 5.41) is 10.9. The molecule has 0 fully saturated rings. The number of pyridine rings is 2. The molecule has 7 heteroatoms. The molecule has 0 spiro atoms. The Balaban J connectivity index is 1.95. The van der Waals surface area contributed by atoms with Crippen molar-refractivity contribution in [1.82, 2.24) is 15.3 Å². The van der Waals surface area contributed by atoms with E-state index in [-0.39, 0.29) is 6.03 Å². The van der Waals surface area contributed by atoms with Crippen molar-refractivity contribution in [1.29, 1.82) is 0 Å². The summed E-state index contributed by atoms with van der Waals surface area (Å²) in [7, 11) is 0. The molecule has 0 atom stereocenters. The summed E-state index contributed by atoms with van der Waals surface area (Å²) >= 11 is 6.31. The third-order valence-electron chi connectivity index (χ3n) is 3.37. The first-order valence-corrected chi connectivity index (χ1v) is 7.85. The van der Waals surface area contributed by atoms with Gasteiger partial charge < -0.3 is 10.6 Å². The Morgan fingerprint density at radius 1 is 1.21 bits per heavy atom. The van der Waals surface area contributed by atoms with Crippen LogP contribution in [0.15, 0.2) is 48.9 Å². The maximum atomic E-state index is 11.6. The number of nitrogens with zero attached hydrogens (tertiary/aromatic N) is 2. The Morgan fingerprint density at radius 2 is 2.08 bits per heavy atom. The van der Waals surface area contributed by atoms with Crippen LogP contribution in [-0.4, -0.2) is 22.5 Å². The molecule has 3 rings (SSSR count). The molecule has 0 aliphatic carbocycles. The Hall–Kier alpha value is -2.86. The van der Waals surface area contributed by atoms with Crippen LogP contribution >= 0.6 is 11.6 Å². The van der Waals surface area contributed by atoms with E-state index >= 15 is 0 Å². The van der Waals surface area contributed by atoms with Gasteiger partial charge in [0.25, 0.3) is 0 Å². The van der Waals surface area contributed by atoms with E-state index in [1.807, 2.05) is 25.1 Å². The summed E-state index contributed by atoms with van der Waals surface area (Å²) in [5.41, 5.74) is 1.73. The molecule has 0 aliphatic rings. The third-order valence-corrected chi connectivity index (χ3v) is 3.70. The molecule has 3 aromatic rings. The van der Waals surface area contributed by atoms with Crippen molar-refractivity contribution in [3.63, 3.8) is 0 Å². The quantitative estimate of drug-likeness (QED) is 0.665.